The Labute approximate surface area is 127 Å². The van der Waals surface area contributed by atoms with E-state index in [-0.39, 0.29) is 12.6 Å². The van der Waals surface area contributed by atoms with Crippen molar-refractivity contribution in [1.29, 1.82) is 0 Å². The molecule has 0 aliphatic heterocycles. The summed E-state index contributed by atoms with van der Waals surface area (Å²) in [5.41, 5.74) is 0. The molecule has 1 rings (SSSR count). The van der Waals surface area contributed by atoms with Gasteiger partial charge in [0.25, 0.3) is 0 Å². The maximum atomic E-state index is 13.7. The third kappa shape index (κ3) is 3.98. The number of benzene rings is 1. The molecule has 0 spiro atoms. The predicted molar refractivity (Wildman–Crippen MR) is 74.0 cm³/mol. The van der Waals surface area contributed by atoms with Gasteiger partial charge in [-0.3, -0.25) is 4.79 Å². The van der Waals surface area contributed by atoms with E-state index in [9.17, 15) is 26.4 Å². The van der Waals surface area contributed by atoms with E-state index < -0.39 is 44.8 Å². The smallest absolute Gasteiger partial charge is 0.246 e. The Morgan fingerprint density at radius 2 is 1.82 bits per heavy atom. The second-order valence-corrected chi connectivity index (χ2v) is 6.73. The minimum atomic E-state index is -4.46. The highest BCUT2D eigenvalue weighted by molar-refractivity contribution is 7.89. The Hall–Kier alpha value is -1.61. The topological polar surface area (TPSA) is 66.5 Å². The van der Waals surface area contributed by atoms with Crippen molar-refractivity contribution in [1.82, 2.24) is 9.62 Å². The first-order valence-electron chi connectivity index (χ1n) is 6.54. The number of nitrogens with one attached hydrogen (secondary N) is 1. The van der Waals surface area contributed by atoms with Gasteiger partial charge in [0.15, 0.2) is 17.5 Å². The van der Waals surface area contributed by atoms with Crippen LogP contribution in [-0.2, 0) is 14.8 Å². The number of carbonyl (C=O) groups excluding carboxylic acids is 1. The highest BCUT2D eigenvalue weighted by Crippen LogP contribution is 2.22. The van der Waals surface area contributed by atoms with Crippen molar-refractivity contribution >= 4 is 15.9 Å². The zero-order chi connectivity index (χ0) is 17.1. The highest BCUT2D eigenvalue weighted by Gasteiger charge is 2.30. The molecule has 1 amide bonds. The minimum absolute atomic E-state index is 0.133. The fourth-order valence-electron chi connectivity index (χ4n) is 1.74. The van der Waals surface area contributed by atoms with Gasteiger partial charge in [-0.15, -0.1) is 0 Å². The molecule has 124 valence electrons. The lowest BCUT2D eigenvalue weighted by Gasteiger charge is -2.21. The summed E-state index contributed by atoms with van der Waals surface area (Å²) < 4.78 is 65.0. The summed E-state index contributed by atoms with van der Waals surface area (Å²) in [6.07, 6.45) is 0. The summed E-state index contributed by atoms with van der Waals surface area (Å²) in [7, 11) is -4.46. The molecule has 0 aliphatic rings. The molecule has 0 atom stereocenters. The maximum Gasteiger partial charge on any atom is 0.246 e. The van der Waals surface area contributed by atoms with Crippen molar-refractivity contribution in [3.05, 3.63) is 29.6 Å². The minimum Gasteiger partial charge on any atom is -0.353 e. The van der Waals surface area contributed by atoms with E-state index in [2.05, 4.69) is 5.32 Å². The summed E-state index contributed by atoms with van der Waals surface area (Å²) >= 11 is 0. The van der Waals surface area contributed by atoms with Crippen molar-refractivity contribution in [3.63, 3.8) is 0 Å². The largest absolute Gasteiger partial charge is 0.353 e. The lowest BCUT2D eigenvalue weighted by atomic mass is 10.3. The molecule has 0 radical (unpaired) electrons. The summed E-state index contributed by atoms with van der Waals surface area (Å²) in [5.74, 6) is -5.74. The molecule has 0 unspecified atom stereocenters. The number of likely N-dealkylation sites (N-methyl/N-ethyl adjacent to an activating group) is 1. The number of amides is 1. The van der Waals surface area contributed by atoms with Crippen molar-refractivity contribution in [2.45, 2.75) is 31.7 Å². The molecule has 1 aromatic carbocycles. The fourth-order valence-corrected chi connectivity index (χ4v) is 3.20. The molecule has 0 fully saturated rings. The number of nitrogens with zero attached hydrogens (tertiary/aromatic N) is 1. The summed E-state index contributed by atoms with van der Waals surface area (Å²) in [6.45, 7) is 4.15. The molecule has 0 aromatic heterocycles. The van der Waals surface area contributed by atoms with Crippen LogP contribution in [0.25, 0.3) is 0 Å². The maximum absolute atomic E-state index is 13.7. The summed E-state index contributed by atoms with van der Waals surface area (Å²) in [4.78, 5) is 10.7. The Bertz CT molecular complexity index is 663. The van der Waals surface area contributed by atoms with Crippen LogP contribution in [0.3, 0.4) is 0 Å². The van der Waals surface area contributed by atoms with Gasteiger partial charge in [-0.1, -0.05) is 6.92 Å². The van der Waals surface area contributed by atoms with Crippen LogP contribution in [0, 0.1) is 17.5 Å². The predicted octanol–water partition coefficient (Wildman–Crippen LogP) is 1.64. The Morgan fingerprint density at radius 1 is 1.23 bits per heavy atom. The zero-order valence-electron chi connectivity index (χ0n) is 12.4. The normalized spacial score (nSPS) is 12.0. The average Bonchev–Trinajstić information content (AvgIpc) is 2.40. The van der Waals surface area contributed by atoms with Crippen molar-refractivity contribution in [2.75, 3.05) is 13.1 Å². The number of carbonyl (C=O) groups is 1. The molecule has 22 heavy (non-hydrogen) atoms. The van der Waals surface area contributed by atoms with Gasteiger partial charge in [0.1, 0.15) is 4.90 Å². The average molecular weight is 338 g/mol. The molecule has 0 saturated heterocycles. The van der Waals surface area contributed by atoms with Crippen LogP contribution in [0.4, 0.5) is 13.2 Å². The first-order chi connectivity index (χ1) is 10.1. The second-order valence-electron chi connectivity index (χ2n) is 4.83. The first-order valence-corrected chi connectivity index (χ1v) is 7.98. The number of hydrogen-bond acceptors (Lipinski definition) is 3. The highest BCUT2D eigenvalue weighted by atomic mass is 32.2. The van der Waals surface area contributed by atoms with Crippen LogP contribution in [0.1, 0.15) is 20.8 Å². The zero-order valence-corrected chi connectivity index (χ0v) is 13.2. The van der Waals surface area contributed by atoms with Gasteiger partial charge in [-0.2, -0.15) is 4.31 Å². The van der Waals surface area contributed by atoms with Crippen molar-refractivity contribution in [2.24, 2.45) is 0 Å². The van der Waals surface area contributed by atoms with E-state index >= 15 is 0 Å². The van der Waals surface area contributed by atoms with E-state index in [1.54, 1.807) is 13.8 Å². The number of halogens is 3. The molecule has 0 heterocycles. The summed E-state index contributed by atoms with van der Waals surface area (Å²) in [6, 6.07) is 0.952. The second kappa shape index (κ2) is 7.10. The molecular formula is C13H17F3N2O3S. The van der Waals surface area contributed by atoms with Gasteiger partial charge < -0.3 is 5.32 Å². The van der Waals surface area contributed by atoms with E-state index in [0.717, 1.165) is 0 Å². The molecule has 1 aromatic rings. The standard InChI is InChI=1S/C13H17F3N2O3S/c1-4-18(7-11(19)17-8(2)3)22(20,21)10-6-5-9(14)12(15)13(10)16/h5-6,8H,4,7H2,1-3H3,(H,17,19). The molecule has 1 N–H and O–H groups in total. The Kier molecular flexibility index (Phi) is 5.95. The number of sulfonamides is 1. The number of hydrogen-bond donors (Lipinski definition) is 1. The molecule has 0 aliphatic carbocycles. The molecule has 9 heteroatoms. The van der Waals surface area contributed by atoms with Crippen LogP contribution in [-0.4, -0.2) is 37.8 Å². The van der Waals surface area contributed by atoms with Gasteiger partial charge in [0.2, 0.25) is 15.9 Å². The molecular weight excluding hydrogens is 321 g/mol. The van der Waals surface area contributed by atoms with E-state index in [1.807, 2.05) is 0 Å². The van der Waals surface area contributed by atoms with Crippen molar-refractivity contribution in [3.8, 4) is 0 Å². The Morgan fingerprint density at radius 3 is 2.32 bits per heavy atom. The van der Waals surface area contributed by atoms with E-state index in [1.165, 1.54) is 6.92 Å². The van der Waals surface area contributed by atoms with E-state index in [0.29, 0.717) is 16.4 Å². The number of rotatable bonds is 6. The van der Waals surface area contributed by atoms with Crippen LogP contribution < -0.4 is 5.32 Å². The van der Waals surface area contributed by atoms with Crippen LogP contribution in [0.2, 0.25) is 0 Å². The fraction of sp³-hybridized carbons (Fsp3) is 0.462. The first kappa shape index (κ1) is 18.4. The van der Waals surface area contributed by atoms with Gasteiger partial charge >= 0.3 is 0 Å². The third-order valence-corrected chi connectivity index (χ3v) is 4.68. The van der Waals surface area contributed by atoms with Gasteiger partial charge in [-0.25, -0.2) is 21.6 Å². The molecule has 5 nitrogen and oxygen atoms in total. The van der Waals surface area contributed by atoms with Crippen molar-refractivity contribution < 1.29 is 26.4 Å². The quantitative estimate of drug-likeness (QED) is 0.802. The monoisotopic (exact) mass is 338 g/mol. The van der Waals surface area contributed by atoms with Crippen LogP contribution in [0.15, 0.2) is 17.0 Å². The third-order valence-electron chi connectivity index (χ3n) is 2.74. The lowest BCUT2D eigenvalue weighted by Crippen LogP contribution is -2.42. The SMILES string of the molecule is CCN(CC(=O)NC(C)C)S(=O)(=O)c1ccc(F)c(F)c1F. The summed E-state index contributed by atoms with van der Waals surface area (Å²) in [5, 5.41) is 2.49. The van der Waals surface area contributed by atoms with E-state index in [4.69, 9.17) is 0 Å². The lowest BCUT2D eigenvalue weighted by molar-refractivity contribution is -0.121. The van der Waals surface area contributed by atoms with Gasteiger partial charge in [-0.05, 0) is 26.0 Å². The molecule has 0 bridgehead atoms. The van der Waals surface area contributed by atoms with Crippen LogP contribution >= 0.6 is 0 Å². The Balaban J connectivity index is 3.15. The van der Waals surface area contributed by atoms with Crippen LogP contribution in [0.5, 0.6) is 0 Å². The molecule has 0 saturated carbocycles. The van der Waals surface area contributed by atoms with Gasteiger partial charge in [0.05, 0.1) is 6.54 Å². The van der Waals surface area contributed by atoms with Gasteiger partial charge in [0, 0.05) is 12.6 Å².